The zero-order valence-electron chi connectivity index (χ0n) is 13.1. The van der Waals surface area contributed by atoms with E-state index in [0.717, 1.165) is 11.8 Å². The van der Waals surface area contributed by atoms with Crippen LogP contribution in [-0.4, -0.2) is 27.1 Å². The molecule has 8 heteroatoms. The van der Waals surface area contributed by atoms with E-state index in [9.17, 15) is 14.0 Å². The second-order valence-corrected chi connectivity index (χ2v) is 6.92. The van der Waals surface area contributed by atoms with Crippen LogP contribution in [0.15, 0.2) is 52.0 Å². The molecule has 3 rings (SSSR count). The number of thiocarbonyl (C=S) groups is 1. The number of furan rings is 1. The number of nitrogens with one attached hydrogen (secondary N) is 1. The van der Waals surface area contributed by atoms with Gasteiger partial charge in [-0.05, 0) is 43.3 Å². The van der Waals surface area contributed by atoms with E-state index < -0.39 is 17.8 Å². The van der Waals surface area contributed by atoms with E-state index in [-0.39, 0.29) is 5.91 Å². The van der Waals surface area contributed by atoms with Crippen molar-refractivity contribution >= 4 is 51.9 Å². The van der Waals surface area contributed by atoms with Gasteiger partial charge in [0.25, 0.3) is 5.91 Å². The van der Waals surface area contributed by atoms with Crippen LogP contribution in [0.5, 0.6) is 0 Å². The summed E-state index contributed by atoms with van der Waals surface area (Å²) in [4.78, 5) is 26.6. The lowest BCUT2D eigenvalue weighted by Gasteiger charge is -2.22. The normalized spacial score (nSPS) is 17.2. The Morgan fingerprint density at radius 1 is 1.36 bits per heavy atom. The number of benzene rings is 1. The Balaban J connectivity index is 1.73. The average molecular weight is 376 g/mol. The highest BCUT2D eigenvalue weighted by Gasteiger charge is 2.38. The van der Waals surface area contributed by atoms with Gasteiger partial charge in [-0.15, -0.1) is 0 Å². The molecule has 1 aliphatic heterocycles. The highest BCUT2D eigenvalue weighted by Crippen LogP contribution is 2.34. The fraction of sp³-hybridized carbons (Fsp3) is 0.118. The number of halogens is 1. The molecule has 1 unspecified atom stereocenters. The third-order valence-corrected chi connectivity index (χ3v) is 4.85. The molecule has 1 aliphatic rings. The molecule has 1 aromatic heterocycles. The minimum absolute atomic E-state index is 0.296. The van der Waals surface area contributed by atoms with Crippen molar-refractivity contribution in [2.24, 2.45) is 0 Å². The maximum atomic E-state index is 12.9. The van der Waals surface area contributed by atoms with Crippen LogP contribution in [0.25, 0.3) is 6.08 Å². The van der Waals surface area contributed by atoms with Gasteiger partial charge in [0, 0.05) is 11.8 Å². The van der Waals surface area contributed by atoms with Gasteiger partial charge in [0.2, 0.25) is 5.91 Å². The van der Waals surface area contributed by atoms with Crippen LogP contribution in [0, 0.1) is 5.82 Å². The maximum absolute atomic E-state index is 12.9. The van der Waals surface area contributed by atoms with Gasteiger partial charge < -0.3 is 9.73 Å². The largest absolute Gasteiger partial charge is 0.465 e. The lowest BCUT2D eigenvalue weighted by molar-refractivity contribution is -0.129. The van der Waals surface area contributed by atoms with Gasteiger partial charge in [-0.2, -0.15) is 0 Å². The third-order valence-electron chi connectivity index (χ3n) is 3.52. The molecule has 2 amide bonds. The van der Waals surface area contributed by atoms with Gasteiger partial charge in [0.1, 0.15) is 21.9 Å². The minimum Gasteiger partial charge on any atom is -0.465 e. The van der Waals surface area contributed by atoms with Gasteiger partial charge in [-0.25, -0.2) is 4.39 Å². The smallest absolute Gasteiger partial charge is 0.267 e. The molecule has 1 fully saturated rings. The number of carbonyl (C=O) groups is 2. The molecule has 0 radical (unpaired) electrons. The van der Waals surface area contributed by atoms with Crippen molar-refractivity contribution in [2.45, 2.75) is 13.0 Å². The van der Waals surface area contributed by atoms with E-state index in [0.29, 0.717) is 20.7 Å². The number of rotatable bonds is 4. The predicted molar refractivity (Wildman–Crippen MR) is 98.2 cm³/mol. The first-order valence-electron chi connectivity index (χ1n) is 7.32. The summed E-state index contributed by atoms with van der Waals surface area (Å²) in [6.07, 6.45) is 3.09. The number of nitrogens with zero attached hydrogens (tertiary/aromatic N) is 1. The quantitative estimate of drug-likeness (QED) is 0.652. The molecule has 0 spiro atoms. The zero-order valence-corrected chi connectivity index (χ0v) is 14.7. The molecular formula is C17H13FN2O3S2. The Hall–Kier alpha value is -2.45. The molecule has 1 N–H and O–H groups in total. The van der Waals surface area contributed by atoms with Crippen LogP contribution in [0.3, 0.4) is 0 Å². The third kappa shape index (κ3) is 3.80. The molecule has 5 nitrogen and oxygen atoms in total. The van der Waals surface area contributed by atoms with Gasteiger partial charge in [0.15, 0.2) is 0 Å². The molecule has 1 saturated heterocycles. The van der Waals surface area contributed by atoms with Crippen molar-refractivity contribution in [3.63, 3.8) is 0 Å². The summed E-state index contributed by atoms with van der Waals surface area (Å²) in [6.45, 7) is 1.58. The summed E-state index contributed by atoms with van der Waals surface area (Å²) in [7, 11) is 0. The van der Waals surface area contributed by atoms with Crippen LogP contribution in [0.4, 0.5) is 10.1 Å². The van der Waals surface area contributed by atoms with Crippen LogP contribution < -0.4 is 5.32 Å². The number of hydrogen-bond donors (Lipinski definition) is 1. The molecule has 2 aromatic rings. The van der Waals surface area contributed by atoms with E-state index in [1.165, 1.54) is 35.4 Å². The first-order chi connectivity index (χ1) is 12.0. The van der Waals surface area contributed by atoms with Crippen LogP contribution in [-0.2, 0) is 9.59 Å². The molecule has 1 aromatic carbocycles. The highest BCUT2D eigenvalue weighted by atomic mass is 32.2. The Morgan fingerprint density at radius 2 is 2.08 bits per heavy atom. The number of thioether (sulfide) groups is 1. The summed E-state index contributed by atoms with van der Waals surface area (Å²) in [5.41, 5.74) is 0.440. The van der Waals surface area contributed by atoms with Crippen LogP contribution >= 0.6 is 24.0 Å². The van der Waals surface area contributed by atoms with Gasteiger partial charge in [-0.1, -0.05) is 24.0 Å². The monoisotopic (exact) mass is 376 g/mol. The lowest BCUT2D eigenvalue weighted by Crippen LogP contribution is -2.44. The van der Waals surface area contributed by atoms with E-state index >= 15 is 0 Å². The Bertz CT molecular complexity index is 847. The zero-order chi connectivity index (χ0) is 18.0. The summed E-state index contributed by atoms with van der Waals surface area (Å²) < 4.78 is 18.4. The van der Waals surface area contributed by atoms with E-state index in [1.54, 1.807) is 25.1 Å². The summed E-state index contributed by atoms with van der Waals surface area (Å²) >= 11 is 6.35. The van der Waals surface area contributed by atoms with Crippen molar-refractivity contribution in [2.75, 3.05) is 5.32 Å². The second-order valence-electron chi connectivity index (χ2n) is 5.24. The Morgan fingerprint density at radius 3 is 2.72 bits per heavy atom. The Labute approximate surface area is 152 Å². The number of amides is 2. The minimum atomic E-state index is -0.806. The molecule has 128 valence electrons. The van der Waals surface area contributed by atoms with Crippen molar-refractivity contribution in [1.82, 2.24) is 4.90 Å². The van der Waals surface area contributed by atoms with Crippen LogP contribution in [0.1, 0.15) is 12.7 Å². The summed E-state index contributed by atoms with van der Waals surface area (Å²) in [5, 5.41) is 2.64. The molecule has 0 saturated carbocycles. The van der Waals surface area contributed by atoms with Gasteiger partial charge in [0.05, 0.1) is 11.2 Å². The molecule has 2 heterocycles. The van der Waals surface area contributed by atoms with Gasteiger partial charge in [-0.3, -0.25) is 14.5 Å². The van der Waals surface area contributed by atoms with Crippen LogP contribution in [0.2, 0.25) is 0 Å². The van der Waals surface area contributed by atoms with E-state index in [4.69, 9.17) is 16.6 Å². The predicted octanol–water partition coefficient (Wildman–Crippen LogP) is 3.65. The number of hydrogen-bond acceptors (Lipinski definition) is 5. The molecule has 0 bridgehead atoms. The maximum Gasteiger partial charge on any atom is 0.267 e. The number of anilines is 1. The topological polar surface area (TPSA) is 62.6 Å². The molecule has 25 heavy (non-hydrogen) atoms. The van der Waals surface area contributed by atoms with Crippen molar-refractivity contribution in [1.29, 1.82) is 0 Å². The average Bonchev–Trinajstić information content (AvgIpc) is 3.18. The van der Waals surface area contributed by atoms with Gasteiger partial charge >= 0.3 is 0 Å². The molecular weight excluding hydrogens is 363 g/mol. The first-order valence-corrected chi connectivity index (χ1v) is 8.55. The molecule has 1 atom stereocenters. The fourth-order valence-electron chi connectivity index (χ4n) is 2.21. The second kappa shape index (κ2) is 7.20. The van der Waals surface area contributed by atoms with E-state index in [1.807, 2.05) is 0 Å². The van der Waals surface area contributed by atoms with Crippen molar-refractivity contribution < 1.29 is 18.4 Å². The SMILES string of the molecule is CC(C(=O)Nc1ccc(F)cc1)N1C(=O)/C(=C/c2ccco2)SC1=S. The Kier molecular flexibility index (Phi) is 5.00. The summed E-state index contributed by atoms with van der Waals surface area (Å²) in [6, 6.07) is 8.00. The number of carbonyl (C=O) groups excluding carboxylic acids is 2. The first kappa shape index (κ1) is 17.4. The lowest BCUT2D eigenvalue weighted by atomic mass is 10.2. The standard InChI is InChI=1S/C17H13FN2O3S2/c1-10(15(21)19-12-6-4-11(18)5-7-12)20-16(22)14(25-17(20)24)9-13-3-2-8-23-13/h2-10H,1H3,(H,19,21)/b14-9-. The van der Waals surface area contributed by atoms with Crippen molar-refractivity contribution in [3.8, 4) is 0 Å². The highest BCUT2D eigenvalue weighted by molar-refractivity contribution is 8.26. The van der Waals surface area contributed by atoms with Crippen molar-refractivity contribution in [3.05, 3.63) is 59.1 Å². The summed E-state index contributed by atoms with van der Waals surface area (Å²) in [5.74, 6) is -0.634. The van der Waals surface area contributed by atoms with E-state index in [2.05, 4.69) is 5.32 Å². The fourth-order valence-corrected chi connectivity index (χ4v) is 3.61. The molecule has 0 aliphatic carbocycles.